The van der Waals surface area contributed by atoms with Gasteiger partial charge in [-0.05, 0) is 79.1 Å². The minimum absolute atomic E-state index is 0.00343. The maximum absolute atomic E-state index is 13.4. The number of hydrogen-bond donors (Lipinski definition) is 0. The molecule has 182 valence electrons. The van der Waals surface area contributed by atoms with E-state index < -0.39 is 10.0 Å². The standard InChI is InChI=1S/C26H33FN4O2S/c1-18(2)15-29-10-11-30(34(32,33)17-20-4-5-20)16-26(29)24-13-21-14-28-31(25(21)12-19(24)3)23-8-6-22(27)7-9-23/h6-9,12-14,18,20,26H,4-5,10-11,15-17H2,1-3H3/t26-/m1/s1. The smallest absolute Gasteiger partial charge is 0.214 e. The molecule has 1 aliphatic carbocycles. The zero-order valence-electron chi connectivity index (χ0n) is 20.1. The van der Waals surface area contributed by atoms with Crippen molar-refractivity contribution in [3.63, 3.8) is 0 Å². The van der Waals surface area contributed by atoms with Crippen LogP contribution in [-0.2, 0) is 10.0 Å². The lowest BCUT2D eigenvalue weighted by Crippen LogP contribution is -2.51. The average molecular weight is 485 g/mol. The van der Waals surface area contributed by atoms with Gasteiger partial charge >= 0.3 is 0 Å². The number of sulfonamides is 1. The number of nitrogens with zero attached hydrogens (tertiary/aromatic N) is 4. The Morgan fingerprint density at radius 2 is 1.85 bits per heavy atom. The fourth-order valence-electron chi connectivity index (χ4n) is 5.06. The molecule has 2 aliphatic rings. The van der Waals surface area contributed by atoms with Crippen LogP contribution in [0.15, 0.2) is 42.6 Å². The highest BCUT2D eigenvalue weighted by Crippen LogP contribution is 2.35. The van der Waals surface area contributed by atoms with Crippen LogP contribution in [0.25, 0.3) is 16.6 Å². The Labute approximate surface area is 201 Å². The zero-order chi connectivity index (χ0) is 24.0. The van der Waals surface area contributed by atoms with E-state index in [1.54, 1.807) is 16.4 Å². The van der Waals surface area contributed by atoms with Crippen molar-refractivity contribution in [2.24, 2.45) is 11.8 Å². The summed E-state index contributed by atoms with van der Waals surface area (Å²) in [4.78, 5) is 2.44. The van der Waals surface area contributed by atoms with Gasteiger partial charge in [0, 0.05) is 37.6 Å². The molecule has 2 fully saturated rings. The first-order valence-electron chi connectivity index (χ1n) is 12.2. The lowest BCUT2D eigenvalue weighted by Gasteiger charge is -2.42. The molecule has 0 N–H and O–H groups in total. The first-order valence-corrected chi connectivity index (χ1v) is 13.8. The van der Waals surface area contributed by atoms with Crippen molar-refractivity contribution < 1.29 is 12.8 Å². The van der Waals surface area contributed by atoms with Crippen molar-refractivity contribution in [2.75, 3.05) is 31.9 Å². The summed E-state index contributed by atoms with van der Waals surface area (Å²) in [6, 6.07) is 10.6. The Morgan fingerprint density at radius 3 is 2.53 bits per heavy atom. The second kappa shape index (κ2) is 9.06. The number of aromatic nitrogens is 2. The van der Waals surface area contributed by atoms with Gasteiger partial charge in [0.2, 0.25) is 10.0 Å². The van der Waals surface area contributed by atoms with Gasteiger partial charge in [0.25, 0.3) is 0 Å². The molecule has 2 aromatic carbocycles. The third-order valence-electron chi connectivity index (χ3n) is 6.98. The van der Waals surface area contributed by atoms with Gasteiger partial charge in [0.15, 0.2) is 0 Å². The minimum Gasteiger partial charge on any atom is -0.293 e. The molecule has 1 atom stereocenters. The molecule has 1 saturated heterocycles. The number of benzene rings is 2. The summed E-state index contributed by atoms with van der Waals surface area (Å²) >= 11 is 0. The molecular formula is C26H33FN4O2S. The van der Waals surface area contributed by atoms with Crippen LogP contribution < -0.4 is 0 Å². The van der Waals surface area contributed by atoms with Crippen molar-refractivity contribution in [1.82, 2.24) is 19.0 Å². The lowest BCUT2D eigenvalue weighted by molar-refractivity contribution is 0.105. The van der Waals surface area contributed by atoms with Crippen molar-refractivity contribution in [2.45, 2.75) is 39.7 Å². The molecule has 1 aliphatic heterocycles. The SMILES string of the molecule is Cc1cc2c(cnn2-c2ccc(F)cc2)cc1[C@H]1CN(S(=O)(=O)CC2CC2)CCN1CC(C)C. The number of aryl methyl sites for hydroxylation is 1. The molecule has 2 heterocycles. The van der Waals surface area contributed by atoms with E-state index in [1.165, 1.54) is 12.1 Å². The van der Waals surface area contributed by atoms with Crippen LogP contribution >= 0.6 is 0 Å². The van der Waals surface area contributed by atoms with E-state index in [1.807, 2.05) is 10.9 Å². The van der Waals surface area contributed by atoms with E-state index in [0.717, 1.165) is 53.6 Å². The predicted octanol–water partition coefficient (Wildman–Crippen LogP) is 4.53. The van der Waals surface area contributed by atoms with Crippen LogP contribution in [0.2, 0.25) is 0 Å². The van der Waals surface area contributed by atoms with Gasteiger partial charge in [-0.25, -0.2) is 17.5 Å². The molecule has 5 rings (SSSR count). The molecule has 8 heteroatoms. The molecule has 0 unspecified atom stereocenters. The van der Waals surface area contributed by atoms with Crippen molar-refractivity contribution in [1.29, 1.82) is 0 Å². The van der Waals surface area contributed by atoms with Gasteiger partial charge in [-0.2, -0.15) is 9.40 Å². The number of rotatable bonds is 7. The van der Waals surface area contributed by atoms with Crippen molar-refractivity contribution >= 4 is 20.9 Å². The summed E-state index contributed by atoms with van der Waals surface area (Å²) in [5.74, 6) is 0.837. The van der Waals surface area contributed by atoms with Crippen LogP contribution in [-0.4, -0.2) is 59.3 Å². The Kier molecular flexibility index (Phi) is 6.25. The van der Waals surface area contributed by atoms with Crippen LogP contribution in [0.1, 0.15) is 43.9 Å². The molecule has 6 nitrogen and oxygen atoms in total. The summed E-state index contributed by atoms with van der Waals surface area (Å²) in [6.45, 7) is 9.20. The average Bonchev–Trinajstić information content (AvgIpc) is 3.50. The lowest BCUT2D eigenvalue weighted by atomic mass is 9.96. The second-order valence-electron chi connectivity index (χ2n) is 10.3. The highest BCUT2D eigenvalue weighted by molar-refractivity contribution is 7.89. The first-order chi connectivity index (χ1) is 16.2. The topological polar surface area (TPSA) is 58.4 Å². The maximum Gasteiger partial charge on any atom is 0.214 e. The molecule has 0 spiro atoms. The van der Waals surface area contributed by atoms with E-state index in [2.05, 4.69) is 42.9 Å². The minimum atomic E-state index is -3.24. The van der Waals surface area contributed by atoms with Crippen molar-refractivity contribution in [3.05, 3.63) is 59.5 Å². The van der Waals surface area contributed by atoms with E-state index in [4.69, 9.17) is 0 Å². The van der Waals surface area contributed by atoms with E-state index in [9.17, 15) is 12.8 Å². The van der Waals surface area contributed by atoms with Gasteiger partial charge in [-0.3, -0.25) is 4.90 Å². The Balaban J connectivity index is 1.50. The largest absolute Gasteiger partial charge is 0.293 e. The second-order valence-corrected chi connectivity index (χ2v) is 12.3. The molecule has 1 saturated carbocycles. The van der Waals surface area contributed by atoms with Crippen LogP contribution in [0.3, 0.4) is 0 Å². The Hall–Kier alpha value is -2.29. The van der Waals surface area contributed by atoms with Crippen LogP contribution in [0, 0.1) is 24.6 Å². The van der Waals surface area contributed by atoms with E-state index in [-0.39, 0.29) is 17.6 Å². The summed E-state index contributed by atoms with van der Waals surface area (Å²) in [5, 5.41) is 5.55. The molecule has 1 aromatic heterocycles. The van der Waals surface area contributed by atoms with E-state index in [0.29, 0.717) is 24.9 Å². The molecule has 0 radical (unpaired) electrons. The molecule has 34 heavy (non-hydrogen) atoms. The molecule has 3 aromatic rings. The summed E-state index contributed by atoms with van der Waals surface area (Å²) in [5.41, 5.74) is 4.02. The summed E-state index contributed by atoms with van der Waals surface area (Å²) < 4.78 is 43.1. The Bertz CT molecular complexity index is 1280. The third-order valence-corrected chi connectivity index (χ3v) is 8.99. The van der Waals surface area contributed by atoms with Crippen molar-refractivity contribution in [3.8, 4) is 5.69 Å². The first kappa shape index (κ1) is 23.5. The van der Waals surface area contributed by atoms with Gasteiger partial charge in [0.1, 0.15) is 5.82 Å². The number of fused-ring (bicyclic) bond motifs is 1. The highest BCUT2D eigenvalue weighted by Gasteiger charge is 2.38. The quantitative estimate of drug-likeness (QED) is 0.495. The van der Waals surface area contributed by atoms with Crippen LogP contribution in [0.5, 0.6) is 0 Å². The Morgan fingerprint density at radius 1 is 1.12 bits per heavy atom. The zero-order valence-corrected chi connectivity index (χ0v) is 20.9. The molecule has 0 bridgehead atoms. The fraction of sp³-hybridized carbons (Fsp3) is 0.500. The number of halogens is 1. The van der Waals surface area contributed by atoms with E-state index >= 15 is 0 Å². The number of hydrogen-bond acceptors (Lipinski definition) is 4. The van der Waals surface area contributed by atoms with Gasteiger partial charge in [-0.1, -0.05) is 13.8 Å². The number of piperazine rings is 1. The van der Waals surface area contributed by atoms with Gasteiger partial charge in [-0.15, -0.1) is 0 Å². The normalized spacial score (nSPS) is 20.4. The maximum atomic E-state index is 13.4. The predicted molar refractivity (Wildman–Crippen MR) is 133 cm³/mol. The highest BCUT2D eigenvalue weighted by atomic mass is 32.2. The van der Waals surface area contributed by atoms with Gasteiger partial charge in [0.05, 0.1) is 23.2 Å². The molecule has 0 amide bonds. The summed E-state index contributed by atoms with van der Waals surface area (Å²) in [7, 11) is -3.24. The van der Waals surface area contributed by atoms with Gasteiger partial charge < -0.3 is 0 Å². The fourth-order valence-corrected chi connectivity index (χ4v) is 6.93. The third kappa shape index (κ3) is 4.76. The van der Waals surface area contributed by atoms with Crippen LogP contribution in [0.4, 0.5) is 4.39 Å². The monoisotopic (exact) mass is 484 g/mol. The molecular weight excluding hydrogens is 451 g/mol. The summed E-state index contributed by atoms with van der Waals surface area (Å²) in [6.07, 6.45) is 3.90.